The van der Waals surface area contributed by atoms with Crippen molar-refractivity contribution in [2.75, 3.05) is 24.9 Å². The van der Waals surface area contributed by atoms with Crippen molar-refractivity contribution >= 4 is 46.0 Å². The van der Waals surface area contributed by atoms with Crippen LogP contribution in [0.5, 0.6) is 11.5 Å². The first-order valence-corrected chi connectivity index (χ1v) is 7.47. The van der Waals surface area contributed by atoms with Crippen LogP contribution in [-0.4, -0.2) is 24.3 Å². The largest absolute Gasteiger partial charge is 0.497 e. The van der Waals surface area contributed by atoms with Crippen molar-refractivity contribution in [2.24, 2.45) is 0 Å². The van der Waals surface area contributed by atoms with Crippen LogP contribution in [0.3, 0.4) is 0 Å². The minimum Gasteiger partial charge on any atom is -0.497 e. The molecular formula is C15H14ClN3O4S. The fourth-order valence-electron chi connectivity index (χ4n) is 1.92. The van der Waals surface area contributed by atoms with E-state index >= 15 is 0 Å². The van der Waals surface area contributed by atoms with Gasteiger partial charge in [-0.15, -0.1) is 0 Å². The average molecular weight is 368 g/mol. The zero-order valence-corrected chi connectivity index (χ0v) is 14.4. The van der Waals surface area contributed by atoms with Crippen LogP contribution in [0.4, 0.5) is 17.1 Å². The van der Waals surface area contributed by atoms with Gasteiger partial charge in [0.1, 0.15) is 16.5 Å². The molecule has 0 saturated heterocycles. The van der Waals surface area contributed by atoms with E-state index in [-0.39, 0.29) is 15.8 Å². The van der Waals surface area contributed by atoms with Crippen molar-refractivity contribution in [2.45, 2.75) is 0 Å². The zero-order chi connectivity index (χ0) is 17.7. The Kier molecular flexibility index (Phi) is 5.78. The van der Waals surface area contributed by atoms with Crippen LogP contribution in [0.15, 0.2) is 36.4 Å². The highest BCUT2D eigenvalue weighted by molar-refractivity contribution is 7.80. The molecule has 2 aromatic carbocycles. The zero-order valence-electron chi connectivity index (χ0n) is 12.8. The van der Waals surface area contributed by atoms with E-state index in [2.05, 4.69) is 10.6 Å². The first-order chi connectivity index (χ1) is 11.4. The normalized spacial score (nSPS) is 9.96. The fourth-order valence-corrected chi connectivity index (χ4v) is 2.33. The van der Waals surface area contributed by atoms with Crippen molar-refractivity contribution in [1.82, 2.24) is 0 Å². The Morgan fingerprint density at radius 3 is 2.54 bits per heavy atom. The van der Waals surface area contributed by atoms with Crippen molar-refractivity contribution < 1.29 is 14.4 Å². The Labute approximate surface area is 148 Å². The van der Waals surface area contributed by atoms with E-state index < -0.39 is 4.92 Å². The second-order valence-corrected chi connectivity index (χ2v) is 5.38. The summed E-state index contributed by atoms with van der Waals surface area (Å²) < 4.78 is 10.4. The molecule has 0 atom stereocenters. The Hall–Kier alpha value is -2.58. The molecule has 0 aliphatic carbocycles. The van der Waals surface area contributed by atoms with Gasteiger partial charge < -0.3 is 20.1 Å². The molecule has 24 heavy (non-hydrogen) atoms. The molecule has 7 nitrogen and oxygen atoms in total. The molecule has 126 valence electrons. The molecule has 0 spiro atoms. The fraction of sp³-hybridized carbons (Fsp3) is 0.133. The molecule has 2 N–H and O–H groups in total. The molecule has 2 aromatic rings. The maximum absolute atomic E-state index is 10.9. The number of halogens is 1. The van der Waals surface area contributed by atoms with E-state index in [1.54, 1.807) is 31.4 Å². The lowest BCUT2D eigenvalue weighted by Gasteiger charge is -2.14. The van der Waals surface area contributed by atoms with Gasteiger partial charge in [0.2, 0.25) is 0 Å². The van der Waals surface area contributed by atoms with E-state index in [1.807, 2.05) is 0 Å². The predicted octanol–water partition coefficient (Wildman–Crippen LogP) is 4.07. The van der Waals surface area contributed by atoms with Gasteiger partial charge in [-0.3, -0.25) is 10.1 Å². The summed E-state index contributed by atoms with van der Waals surface area (Å²) in [5, 5.41) is 17.0. The van der Waals surface area contributed by atoms with Crippen LogP contribution in [0.2, 0.25) is 5.02 Å². The molecule has 0 aliphatic rings. The summed E-state index contributed by atoms with van der Waals surface area (Å²) >= 11 is 11.0. The lowest BCUT2D eigenvalue weighted by atomic mass is 10.2. The number of ether oxygens (including phenoxy) is 2. The number of methoxy groups -OCH3 is 2. The lowest BCUT2D eigenvalue weighted by molar-refractivity contribution is -0.384. The Morgan fingerprint density at radius 2 is 1.92 bits per heavy atom. The highest BCUT2D eigenvalue weighted by atomic mass is 35.5. The molecule has 0 unspecified atom stereocenters. The quantitative estimate of drug-likeness (QED) is 0.468. The average Bonchev–Trinajstić information content (AvgIpc) is 2.56. The van der Waals surface area contributed by atoms with Gasteiger partial charge in [0.15, 0.2) is 5.11 Å². The number of nitro benzene ring substituents is 1. The van der Waals surface area contributed by atoms with Crippen molar-refractivity contribution in [3.63, 3.8) is 0 Å². The van der Waals surface area contributed by atoms with E-state index in [4.69, 9.17) is 33.3 Å². The lowest BCUT2D eigenvalue weighted by Crippen LogP contribution is -2.19. The van der Waals surface area contributed by atoms with E-state index in [0.29, 0.717) is 22.9 Å². The monoisotopic (exact) mass is 367 g/mol. The van der Waals surface area contributed by atoms with E-state index in [1.165, 1.54) is 19.2 Å². The maximum atomic E-state index is 10.9. The van der Waals surface area contributed by atoms with Crippen LogP contribution >= 0.6 is 23.8 Å². The van der Waals surface area contributed by atoms with Gasteiger partial charge in [-0.1, -0.05) is 11.6 Å². The Bertz CT molecular complexity index is 785. The Balaban J connectivity index is 2.14. The Morgan fingerprint density at radius 1 is 1.17 bits per heavy atom. The smallest absolute Gasteiger partial charge is 0.289 e. The van der Waals surface area contributed by atoms with Crippen LogP contribution < -0.4 is 20.1 Å². The summed E-state index contributed by atoms with van der Waals surface area (Å²) in [6.45, 7) is 0. The number of rotatable bonds is 5. The van der Waals surface area contributed by atoms with Crippen LogP contribution in [0, 0.1) is 10.1 Å². The summed E-state index contributed by atoms with van der Waals surface area (Å²) in [5.41, 5.74) is 0.863. The van der Waals surface area contributed by atoms with Gasteiger partial charge in [0.25, 0.3) is 5.69 Å². The number of hydrogen-bond donors (Lipinski definition) is 2. The second-order valence-electron chi connectivity index (χ2n) is 4.57. The number of nitrogens with zero attached hydrogens (tertiary/aromatic N) is 1. The molecule has 9 heteroatoms. The standard InChI is InChI=1S/C15H14ClN3O4S/c1-22-10-4-6-12(14(8-10)23-2)18-15(24)17-9-3-5-11(16)13(7-9)19(20)21/h3-8H,1-2H3,(H2,17,18,24). The summed E-state index contributed by atoms with van der Waals surface area (Å²) in [6, 6.07) is 9.53. The molecule has 0 bridgehead atoms. The third-order valence-electron chi connectivity index (χ3n) is 3.06. The predicted molar refractivity (Wildman–Crippen MR) is 97.5 cm³/mol. The van der Waals surface area contributed by atoms with Crippen LogP contribution in [0.25, 0.3) is 0 Å². The van der Waals surface area contributed by atoms with Gasteiger partial charge in [0, 0.05) is 17.8 Å². The SMILES string of the molecule is COc1ccc(NC(=S)Nc2ccc(Cl)c([N+](=O)[O-])c2)c(OC)c1. The molecule has 0 amide bonds. The van der Waals surface area contributed by atoms with Gasteiger partial charge >= 0.3 is 0 Å². The highest BCUT2D eigenvalue weighted by Crippen LogP contribution is 2.30. The molecule has 0 heterocycles. The molecule has 0 saturated carbocycles. The number of nitro groups is 1. The minimum absolute atomic E-state index is 0.0567. The van der Waals surface area contributed by atoms with Gasteiger partial charge in [-0.05, 0) is 36.5 Å². The summed E-state index contributed by atoms with van der Waals surface area (Å²) in [5.74, 6) is 1.19. The summed E-state index contributed by atoms with van der Waals surface area (Å²) in [4.78, 5) is 10.4. The van der Waals surface area contributed by atoms with Crippen molar-refractivity contribution in [3.05, 3.63) is 51.5 Å². The molecule has 0 radical (unpaired) electrons. The molecule has 2 rings (SSSR count). The van der Waals surface area contributed by atoms with E-state index in [9.17, 15) is 10.1 Å². The minimum atomic E-state index is -0.559. The second kappa shape index (κ2) is 7.80. The summed E-state index contributed by atoms with van der Waals surface area (Å²) in [6.07, 6.45) is 0. The van der Waals surface area contributed by atoms with Crippen molar-refractivity contribution in [1.29, 1.82) is 0 Å². The number of anilines is 2. The van der Waals surface area contributed by atoms with Crippen LogP contribution in [-0.2, 0) is 0 Å². The third kappa shape index (κ3) is 4.24. The van der Waals surface area contributed by atoms with Gasteiger partial charge in [0.05, 0.1) is 24.8 Å². The van der Waals surface area contributed by atoms with Crippen molar-refractivity contribution in [3.8, 4) is 11.5 Å². The van der Waals surface area contributed by atoms with Gasteiger partial charge in [-0.25, -0.2) is 0 Å². The van der Waals surface area contributed by atoms with Crippen LogP contribution in [0.1, 0.15) is 0 Å². The number of nitrogens with one attached hydrogen (secondary N) is 2. The molecule has 0 aliphatic heterocycles. The topological polar surface area (TPSA) is 85.7 Å². The molecule has 0 aromatic heterocycles. The maximum Gasteiger partial charge on any atom is 0.289 e. The number of benzene rings is 2. The summed E-state index contributed by atoms with van der Waals surface area (Å²) in [7, 11) is 3.08. The molecule has 0 fully saturated rings. The van der Waals surface area contributed by atoms with E-state index in [0.717, 1.165) is 0 Å². The highest BCUT2D eigenvalue weighted by Gasteiger charge is 2.13. The van der Waals surface area contributed by atoms with Gasteiger partial charge in [-0.2, -0.15) is 0 Å². The first kappa shape index (κ1) is 17.8. The molecular weight excluding hydrogens is 354 g/mol. The number of hydrogen-bond acceptors (Lipinski definition) is 5. The number of thiocarbonyl (C=S) groups is 1. The first-order valence-electron chi connectivity index (χ1n) is 6.68. The third-order valence-corrected chi connectivity index (χ3v) is 3.58.